The van der Waals surface area contributed by atoms with Crippen molar-refractivity contribution < 1.29 is 19.7 Å². The van der Waals surface area contributed by atoms with Crippen molar-refractivity contribution in [1.82, 2.24) is 0 Å². The lowest BCUT2D eigenvalue weighted by atomic mass is 9.86. The minimum absolute atomic E-state index is 0.117. The van der Waals surface area contributed by atoms with Crippen LogP contribution in [0.25, 0.3) is 0 Å². The average Bonchev–Trinajstić information content (AvgIpc) is 2.33. The van der Waals surface area contributed by atoms with Crippen LogP contribution in [0.1, 0.15) is 50.3 Å². The molecule has 0 aliphatic carbocycles. The number of aromatic hydroxyl groups is 2. The first-order chi connectivity index (χ1) is 9.59. The van der Waals surface area contributed by atoms with Gasteiger partial charge >= 0.3 is 5.97 Å². The second-order valence-electron chi connectivity index (χ2n) is 6.01. The molecular formula is C17H24O4. The topological polar surface area (TPSA) is 66.8 Å². The van der Waals surface area contributed by atoms with Gasteiger partial charge in [0.05, 0.1) is 0 Å². The summed E-state index contributed by atoms with van der Waals surface area (Å²) >= 11 is 0. The molecule has 0 amide bonds. The lowest BCUT2D eigenvalue weighted by Crippen LogP contribution is -2.30. The van der Waals surface area contributed by atoms with E-state index in [1.54, 1.807) is 26.8 Å². The summed E-state index contributed by atoms with van der Waals surface area (Å²) in [5.74, 6) is -0.266. The molecule has 0 aromatic heterocycles. The summed E-state index contributed by atoms with van der Waals surface area (Å²) < 4.78 is 5.29. The second-order valence-corrected chi connectivity index (χ2v) is 6.01. The smallest absolute Gasteiger partial charge is 0.303 e. The molecule has 0 saturated heterocycles. The van der Waals surface area contributed by atoms with Gasteiger partial charge in [0.2, 0.25) is 0 Å². The quantitative estimate of drug-likeness (QED) is 0.494. The van der Waals surface area contributed by atoms with E-state index in [1.807, 2.05) is 6.92 Å². The molecule has 4 nitrogen and oxygen atoms in total. The molecule has 1 atom stereocenters. The average molecular weight is 292 g/mol. The Morgan fingerprint density at radius 2 is 2.05 bits per heavy atom. The number of hydrogen-bond acceptors (Lipinski definition) is 4. The number of phenolic OH excluding ortho intramolecular Hbond substituents is 2. The van der Waals surface area contributed by atoms with Gasteiger partial charge in [-0.2, -0.15) is 0 Å². The van der Waals surface area contributed by atoms with Gasteiger partial charge in [-0.1, -0.05) is 13.0 Å². The van der Waals surface area contributed by atoms with Crippen molar-refractivity contribution in [3.63, 3.8) is 0 Å². The van der Waals surface area contributed by atoms with Gasteiger partial charge in [-0.05, 0) is 32.4 Å². The van der Waals surface area contributed by atoms with Crippen molar-refractivity contribution in [3.05, 3.63) is 35.4 Å². The third-order valence-electron chi connectivity index (χ3n) is 3.45. The number of carbonyl (C=O) groups is 1. The lowest BCUT2D eigenvalue weighted by Gasteiger charge is -2.27. The number of benzene rings is 1. The third-order valence-corrected chi connectivity index (χ3v) is 3.45. The van der Waals surface area contributed by atoms with Crippen LogP contribution >= 0.6 is 0 Å². The highest BCUT2D eigenvalue weighted by Gasteiger charge is 2.28. The highest BCUT2D eigenvalue weighted by atomic mass is 16.6. The SMILES string of the molecule is C=CC(C)c1c(O)cc(C)c(O)c1CC(C)(C)OC(C)=O. The molecule has 0 radical (unpaired) electrons. The van der Waals surface area contributed by atoms with Crippen LogP contribution in [0, 0.1) is 6.92 Å². The molecule has 0 aliphatic rings. The molecule has 1 aromatic rings. The molecule has 116 valence electrons. The maximum atomic E-state index is 11.2. The van der Waals surface area contributed by atoms with Gasteiger partial charge in [0.15, 0.2) is 0 Å². The van der Waals surface area contributed by atoms with Gasteiger partial charge in [0, 0.05) is 30.4 Å². The molecule has 1 unspecified atom stereocenters. The number of carbonyl (C=O) groups excluding carboxylic acids is 1. The number of rotatable bonds is 5. The van der Waals surface area contributed by atoms with E-state index in [9.17, 15) is 15.0 Å². The van der Waals surface area contributed by atoms with Crippen LogP contribution in [-0.4, -0.2) is 21.8 Å². The number of ether oxygens (including phenoxy) is 1. The van der Waals surface area contributed by atoms with Gasteiger partial charge in [0.1, 0.15) is 17.1 Å². The number of esters is 1. The van der Waals surface area contributed by atoms with Crippen LogP contribution in [0.3, 0.4) is 0 Å². The Bertz CT molecular complexity index is 558. The van der Waals surface area contributed by atoms with E-state index in [2.05, 4.69) is 6.58 Å². The van der Waals surface area contributed by atoms with Crippen molar-refractivity contribution in [1.29, 1.82) is 0 Å². The fourth-order valence-electron chi connectivity index (χ4n) is 2.53. The van der Waals surface area contributed by atoms with Crippen molar-refractivity contribution >= 4 is 5.97 Å². The van der Waals surface area contributed by atoms with E-state index in [4.69, 9.17) is 4.74 Å². The summed E-state index contributed by atoms with van der Waals surface area (Å²) in [5.41, 5.74) is 1.01. The van der Waals surface area contributed by atoms with Gasteiger partial charge in [0.25, 0.3) is 0 Å². The number of aryl methyl sites for hydroxylation is 1. The van der Waals surface area contributed by atoms with E-state index in [0.717, 1.165) is 0 Å². The Labute approximate surface area is 126 Å². The summed E-state index contributed by atoms with van der Waals surface area (Å²) in [6, 6.07) is 1.53. The zero-order valence-electron chi connectivity index (χ0n) is 13.4. The Kier molecular flexibility index (Phi) is 5.05. The zero-order valence-corrected chi connectivity index (χ0v) is 13.4. The van der Waals surface area contributed by atoms with Gasteiger partial charge in [-0.3, -0.25) is 4.79 Å². The Balaban J connectivity index is 3.39. The van der Waals surface area contributed by atoms with Gasteiger partial charge in [-0.25, -0.2) is 0 Å². The maximum absolute atomic E-state index is 11.2. The van der Waals surface area contributed by atoms with Crippen molar-refractivity contribution in [2.45, 2.75) is 52.6 Å². The number of allylic oxidation sites excluding steroid dienone is 1. The second kappa shape index (κ2) is 6.20. The van der Waals surface area contributed by atoms with Crippen molar-refractivity contribution in [2.75, 3.05) is 0 Å². The van der Waals surface area contributed by atoms with Crippen molar-refractivity contribution in [3.8, 4) is 11.5 Å². The standard InChI is InChI=1S/C17H24O4/c1-7-10(2)15-13(9-17(5,6)21-12(4)18)16(20)11(3)8-14(15)19/h7-8,10,19-20H,1,9H2,2-6H3. The molecule has 0 fully saturated rings. The molecule has 1 aromatic carbocycles. The number of hydrogen-bond donors (Lipinski definition) is 2. The van der Waals surface area contributed by atoms with E-state index in [1.165, 1.54) is 13.0 Å². The first-order valence-electron chi connectivity index (χ1n) is 6.95. The fraction of sp³-hybridized carbons (Fsp3) is 0.471. The fourth-order valence-corrected chi connectivity index (χ4v) is 2.53. The summed E-state index contributed by atoms with van der Waals surface area (Å²) in [6.07, 6.45) is 2.01. The molecule has 0 bridgehead atoms. The van der Waals surface area contributed by atoms with E-state index in [0.29, 0.717) is 23.1 Å². The summed E-state index contributed by atoms with van der Waals surface area (Å²) in [5, 5.41) is 20.6. The van der Waals surface area contributed by atoms with Crippen molar-refractivity contribution in [2.24, 2.45) is 0 Å². The Morgan fingerprint density at radius 3 is 2.52 bits per heavy atom. The molecule has 0 spiro atoms. The van der Waals surface area contributed by atoms with E-state index in [-0.39, 0.29) is 23.4 Å². The lowest BCUT2D eigenvalue weighted by molar-refractivity contribution is -0.153. The minimum atomic E-state index is -0.779. The third kappa shape index (κ3) is 4.00. The Hall–Kier alpha value is -1.97. The summed E-state index contributed by atoms with van der Waals surface area (Å²) in [6.45, 7) is 12.2. The van der Waals surface area contributed by atoms with Crippen LogP contribution in [-0.2, 0) is 16.0 Å². The molecule has 4 heteroatoms. The zero-order chi connectivity index (χ0) is 16.4. The maximum Gasteiger partial charge on any atom is 0.303 e. The summed E-state index contributed by atoms with van der Waals surface area (Å²) in [7, 11) is 0. The first kappa shape index (κ1) is 17.1. The molecule has 0 heterocycles. The highest BCUT2D eigenvalue weighted by Crippen LogP contribution is 2.40. The van der Waals surface area contributed by atoms with Gasteiger partial charge in [-0.15, -0.1) is 6.58 Å². The van der Waals surface area contributed by atoms with Crippen LogP contribution < -0.4 is 0 Å². The molecular weight excluding hydrogens is 268 g/mol. The van der Waals surface area contributed by atoms with Crippen LogP contribution in [0.2, 0.25) is 0 Å². The largest absolute Gasteiger partial charge is 0.508 e. The molecule has 0 aliphatic heterocycles. The van der Waals surface area contributed by atoms with E-state index >= 15 is 0 Å². The first-order valence-corrected chi connectivity index (χ1v) is 6.95. The summed E-state index contributed by atoms with van der Waals surface area (Å²) in [4.78, 5) is 11.2. The van der Waals surface area contributed by atoms with E-state index < -0.39 is 5.60 Å². The normalized spacial score (nSPS) is 12.8. The minimum Gasteiger partial charge on any atom is -0.508 e. The predicted molar refractivity (Wildman–Crippen MR) is 82.7 cm³/mol. The van der Waals surface area contributed by atoms with Crippen LogP contribution in [0.5, 0.6) is 11.5 Å². The highest BCUT2D eigenvalue weighted by molar-refractivity contribution is 5.66. The number of phenols is 2. The van der Waals surface area contributed by atoms with Gasteiger partial charge < -0.3 is 14.9 Å². The molecule has 21 heavy (non-hydrogen) atoms. The predicted octanol–water partition coefficient (Wildman–Crippen LogP) is 3.58. The van der Waals surface area contributed by atoms with Crippen LogP contribution in [0.4, 0.5) is 0 Å². The monoisotopic (exact) mass is 292 g/mol. The Morgan fingerprint density at radius 1 is 1.48 bits per heavy atom. The molecule has 0 saturated carbocycles. The molecule has 2 N–H and O–H groups in total. The van der Waals surface area contributed by atoms with Crippen LogP contribution in [0.15, 0.2) is 18.7 Å². The molecule has 1 rings (SSSR count).